The first-order valence-corrected chi connectivity index (χ1v) is 18.2. The molecular formula is C42H43ClN4O5. The Hall–Kier alpha value is -5.41. The zero-order chi connectivity index (χ0) is 36.5. The van der Waals surface area contributed by atoms with E-state index in [0.29, 0.717) is 56.9 Å². The minimum atomic E-state index is -0.661. The van der Waals surface area contributed by atoms with Crippen molar-refractivity contribution in [2.45, 2.75) is 44.7 Å². The van der Waals surface area contributed by atoms with E-state index in [2.05, 4.69) is 47.0 Å². The maximum absolute atomic E-state index is 13.1. The van der Waals surface area contributed by atoms with Gasteiger partial charge in [-0.1, -0.05) is 78.9 Å². The van der Waals surface area contributed by atoms with Gasteiger partial charge >= 0.3 is 0 Å². The number of alkyl halides is 1. The molecule has 1 atom stereocenters. The van der Waals surface area contributed by atoms with Crippen LogP contribution in [0.15, 0.2) is 103 Å². The van der Waals surface area contributed by atoms with Crippen molar-refractivity contribution in [2.75, 3.05) is 37.9 Å². The molecule has 268 valence electrons. The Kier molecular flexibility index (Phi) is 12.0. The summed E-state index contributed by atoms with van der Waals surface area (Å²) in [6.07, 6.45) is 2.22. The van der Waals surface area contributed by atoms with Crippen molar-refractivity contribution in [1.29, 1.82) is 0 Å². The molecule has 2 heterocycles. The van der Waals surface area contributed by atoms with Crippen molar-refractivity contribution in [3.05, 3.63) is 131 Å². The van der Waals surface area contributed by atoms with Crippen LogP contribution in [0.5, 0.6) is 5.75 Å². The smallest absolute Gasteiger partial charge is 0.255 e. The van der Waals surface area contributed by atoms with Gasteiger partial charge in [0.25, 0.3) is 5.91 Å². The molecule has 1 fully saturated rings. The molecule has 9 nitrogen and oxygen atoms in total. The number of likely N-dealkylation sites (N-methyl/N-ethyl adjacent to an activating group) is 1. The topological polar surface area (TPSA) is 108 Å². The van der Waals surface area contributed by atoms with Gasteiger partial charge in [0.15, 0.2) is 0 Å². The molecule has 6 rings (SSSR count). The molecule has 0 saturated carbocycles. The number of nitrogens with zero attached hydrogens (tertiary/aromatic N) is 2. The normalized spacial score (nSPS) is 15.8. The number of halogens is 1. The zero-order valence-corrected chi connectivity index (χ0v) is 30.0. The fourth-order valence-corrected chi connectivity index (χ4v) is 7.00. The third kappa shape index (κ3) is 8.54. The van der Waals surface area contributed by atoms with E-state index >= 15 is 0 Å². The number of fused-ring (bicyclic) bond motifs is 1. The molecule has 10 heteroatoms. The van der Waals surface area contributed by atoms with E-state index < -0.39 is 11.9 Å². The number of piperidine rings is 1. The molecular weight excluding hydrogens is 676 g/mol. The first kappa shape index (κ1) is 36.4. The number of ether oxygens (including phenoxy) is 1. The van der Waals surface area contributed by atoms with Crippen LogP contribution in [0.25, 0.3) is 11.1 Å². The maximum Gasteiger partial charge on any atom is 0.255 e. The van der Waals surface area contributed by atoms with E-state index in [1.807, 2.05) is 60.7 Å². The van der Waals surface area contributed by atoms with Crippen LogP contribution in [0.2, 0.25) is 0 Å². The number of imide groups is 1. The third-order valence-corrected chi connectivity index (χ3v) is 9.75. The molecule has 0 aromatic heterocycles. The molecule has 2 aliphatic rings. The lowest BCUT2D eigenvalue weighted by Gasteiger charge is -2.29. The molecule has 52 heavy (non-hydrogen) atoms. The second kappa shape index (κ2) is 17.2. The molecule has 0 bridgehead atoms. The number of nitrogens with one attached hydrogen (secondary N) is 2. The summed E-state index contributed by atoms with van der Waals surface area (Å²) in [7, 11) is 1.78. The van der Waals surface area contributed by atoms with Crippen LogP contribution >= 0.6 is 11.6 Å². The SMILES string of the molecule is CN(CCOc1ccc(C(=C(CCCl)c2ccccc2)c2ccccc2)cc1)C(=O)CCCNc1cccc2c1CN(C1CCC(=O)NC1=O)C2=O. The molecule has 0 spiro atoms. The number of benzene rings is 4. The van der Waals surface area contributed by atoms with Crippen LogP contribution in [0.4, 0.5) is 5.69 Å². The molecule has 4 aromatic rings. The zero-order valence-electron chi connectivity index (χ0n) is 29.3. The standard InChI is InChI=1S/C42H43ClN4O5/c1-46(39(49)16-9-25-44-36-15-8-14-34-35(36)28-47(42(34)51)37-21-22-38(48)45-41(37)50)26-27-52-32-19-17-31(18-20-32)40(30-12-6-3-7-13-30)33(23-24-43)29-10-4-2-5-11-29/h2-8,10-15,17-20,37,44H,9,16,21-28H2,1H3,(H,45,48,50). The summed E-state index contributed by atoms with van der Waals surface area (Å²) in [5, 5.41) is 5.71. The van der Waals surface area contributed by atoms with E-state index in [1.54, 1.807) is 18.0 Å². The van der Waals surface area contributed by atoms with Crippen LogP contribution in [-0.4, -0.2) is 72.1 Å². The highest BCUT2D eigenvalue weighted by Gasteiger charge is 2.39. The summed E-state index contributed by atoms with van der Waals surface area (Å²) in [5.74, 6) is 0.298. The number of allylic oxidation sites excluding steroid dienone is 1. The van der Waals surface area contributed by atoms with Gasteiger partial charge in [-0.2, -0.15) is 0 Å². The quantitative estimate of drug-likeness (QED) is 0.0609. The fraction of sp³-hybridized carbons (Fsp3) is 0.286. The minimum absolute atomic E-state index is 0.0172. The van der Waals surface area contributed by atoms with Gasteiger partial charge in [-0.25, -0.2) is 0 Å². The van der Waals surface area contributed by atoms with Crippen molar-refractivity contribution in [2.24, 2.45) is 0 Å². The van der Waals surface area contributed by atoms with E-state index in [1.165, 1.54) is 10.5 Å². The number of anilines is 1. The summed E-state index contributed by atoms with van der Waals surface area (Å²) in [6.45, 7) is 1.64. The summed E-state index contributed by atoms with van der Waals surface area (Å²) in [5.41, 5.74) is 7.84. The van der Waals surface area contributed by atoms with Crippen LogP contribution in [0, 0.1) is 0 Å². The molecule has 1 saturated heterocycles. The van der Waals surface area contributed by atoms with Crippen molar-refractivity contribution in [3.63, 3.8) is 0 Å². The predicted molar refractivity (Wildman–Crippen MR) is 204 cm³/mol. The summed E-state index contributed by atoms with van der Waals surface area (Å²) < 4.78 is 6.04. The van der Waals surface area contributed by atoms with E-state index in [0.717, 1.165) is 45.7 Å². The average Bonchev–Trinajstić information content (AvgIpc) is 3.50. The first-order chi connectivity index (χ1) is 25.3. The lowest BCUT2D eigenvalue weighted by atomic mass is 9.88. The molecule has 0 radical (unpaired) electrons. The summed E-state index contributed by atoms with van der Waals surface area (Å²) in [4.78, 5) is 53.2. The van der Waals surface area contributed by atoms with Crippen LogP contribution in [0.1, 0.15) is 64.7 Å². The Labute approximate surface area is 309 Å². The van der Waals surface area contributed by atoms with Gasteiger partial charge in [0.05, 0.1) is 6.54 Å². The molecule has 4 aromatic carbocycles. The van der Waals surface area contributed by atoms with E-state index in [4.69, 9.17) is 16.3 Å². The Morgan fingerprint density at radius 2 is 1.58 bits per heavy atom. The molecule has 2 N–H and O–H groups in total. The number of carbonyl (C=O) groups is 4. The van der Waals surface area contributed by atoms with Crippen molar-refractivity contribution < 1.29 is 23.9 Å². The maximum atomic E-state index is 13.1. The lowest BCUT2D eigenvalue weighted by molar-refractivity contribution is -0.137. The second-order valence-corrected chi connectivity index (χ2v) is 13.4. The summed E-state index contributed by atoms with van der Waals surface area (Å²) in [6, 6.07) is 33.6. The average molecular weight is 719 g/mol. The molecule has 2 aliphatic heterocycles. The van der Waals surface area contributed by atoms with Crippen molar-refractivity contribution >= 4 is 52.1 Å². The number of hydrogen-bond donors (Lipinski definition) is 2. The van der Waals surface area contributed by atoms with Gasteiger partial charge in [0.2, 0.25) is 17.7 Å². The van der Waals surface area contributed by atoms with Crippen LogP contribution in [0.3, 0.4) is 0 Å². The fourth-order valence-electron chi connectivity index (χ4n) is 6.82. The number of hydrogen-bond acceptors (Lipinski definition) is 6. The second-order valence-electron chi connectivity index (χ2n) is 13.0. The van der Waals surface area contributed by atoms with Crippen molar-refractivity contribution in [1.82, 2.24) is 15.1 Å². The van der Waals surface area contributed by atoms with Crippen molar-refractivity contribution in [3.8, 4) is 5.75 Å². The predicted octanol–water partition coefficient (Wildman–Crippen LogP) is 6.77. The van der Waals surface area contributed by atoms with Gasteiger partial charge in [0.1, 0.15) is 18.4 Å². The summed E-state index contributed by atoms with van der Waals surface area (Å²) >= 11 is 6.30. The van der Waals surface area contributed by atoms with Gasteiger partial charge in [0, 0.05) is 55.7 Å². The minimum Gasteiger partial charge on any atom is -0.492 e. The van der Waals surface area contributed by atoms with Crippen LogP contribution < -0.4 is 15.4 Å². The first-order valence-electron chi connectivity index (χ1n) is 17.7. The van der Waals surface area contributed by atoms with Crippen LogP contribution in [-0.2, 0) is 20.9 Å². The largest absolute Gasteiger partial charge is 0.492 e. The highest BCUT2D eigenvalue weighted by molar-refractivity contribution is 6.18. The number of carbonyl (C=O) groups excluding carboxylic acids is 4. The van der Waals surface area contributed by atoms with Gasteiger partial charge in [-0.15, -0.1) is 11.6 Å². The van der Waals surface area contributed by atoms with Gasteiger partial charge < -0.3 is 19.9 Å². The Morgan fingerprint density at radius 1 is 0.885 bits per heavy atom. The number of amides is 4. The third-order valence-electron chi connectivity index (χ3n) is 9.56. The van der Waals surface area contributed by atoms with E-state index in [-0.39, 0.29) is 24.1 Å². The monoisotopic (exact) mass is 718 g/mol. The molecule has 0 aliphatic carbocycles. The Morgan fingerprint density at radius 3 is 2.27 bits per heavy atom. The lowest BCUT2D eigenvalue weighted by Crippen LogP contribution is -2.52. The van der Waals surface area contributed by atoms with Gasteiger partial charge in [-0.3, -0.25) is 24.5 Å². The Bertz CT molecular complexity index is 1930. The van der Waals surface area contributed by atoms with Gasteiger partial charge in [-0.05, 0) is 71.4 Å². The number of rotatable bonds is 15. The highest BCUT2D eigenvalue weighted by atomic mass is 35.5. The van der Waals surface area contributed by atoms with E-state index in [9.17, 15) is 19.2 Å². The Balaban J connectivity index is 0.989. The molecule has 4 amide bonds. The highest BCUT2D eigenvalue weighted by Crippen LogP contribution is 2.36. The molecule has 1 unspecified atom stereocenters.